The molecule has 10 heteroatoms. The Morgan fingerprint density at radius 1 is 1.29 bits per heavy atom. The number of Topliss-reactive ketones (excluding diaryl/α,β-unsaturated/α-hetero) is 1. The maximum absolute atomic E-state index is 14.6. The summed E-state index contributed by atoms with van der Waals surface area (Å²) < 4.78 is 16.1. The number of aliphatic carboxylic acids is 1. The molecule has 4 rings (SSSR count). The Kier molecular flexibility index (Phi) is 6.47. The van der Waals surface area contributed by atoms with Gasteiger partial charge in [0.05, 0.1) is 19.0 Å². The van der Waals surface area contributed by atoms with Gasteiger partial charge in [-0.3, -0.25) is 14.5 Å². The van der Waals surface area contributed by atoms with E-state index >= 15 is 0 Å². The Bertz CT molecular complexity index is 1010. The molecular weight excluding hydrogens is 421 g/mol. The van der Waals surface area contributed by atoms with Crippen LogP contribution >= 0.6 is 12.6 Å². The van der Waals surface area contributed by atoms with Crippen molar-refractivity contribution in [3.8, 4) is 0 Å². The van der Waals surface area contributed by atoms with Gasteiger partial charge in [-0.2, -0.15) is 12.6 Å². The Balaban J connectivity index is 1.60. The number of aromatic nitrogens is 4. The van der Waals surface area contributed by atoms with Crippen molar-refractivity contribution in [3.05, 3.63) is 47.0 Å². The Morgan fingerprint density at radius 3 is 2.77 bits per heavy atom. The number of tetrazole rings is 1. The van der Waals surface area contributed by atoms with Crippen LogP contribution in [0.1, 0.15) is 43.1 Å². The van der Waals surface area contributed by atoms with Crippen LogP contribution in [-0.4, -0.2) is 60.3 Å². The van der Waals surface area contributed by atoms with Gasteiger partial charge in [-0.1, -0.05) is 18.2 Å². The molecular formula is C21H24FN5O3S. The van der Waals surface area contributed by atoms with Crippen LogP contribution in [0.2, 0.25) is 0 Å². The molecule has 1 aromatic carbocycles. The van der Waals surface area contributed by atoms with Crippen molar-refractivity contribution in [1.29, 1.82) is 0 Å². The van der Waals surface area contributed by atoms with Crippen molar-refractivity contribution >= 4 is 30.5 Å². The summed E-state index contributed by atoms with van der Waals surface area (Å²) in [5, 5.41) is 20.4. The van der Waals surface area contributed by atoms with Crippen molar-refractivity contribution in [1.82, 2.24) is 25.1 Å². The first-order chi connectivity index (χ1) is 14.9. The van der Waals surface area contributed by atoms with E-state index in [4.69, 9.17) is 5.11 Å². The van der Waals surface area contributed by atoms with Gasteiger partial charge in [0.1, 0.15) is 5.82 Å². The molecule has 8 nitrogen and oxygen atoms in total. The minimum absolute atomic E-state index is 0.00548. The molecule has 2 aromatic rings. The Morgan fingerprint density at radius 2 is 2.06 bits per heavy atom. The van der Waals surface area contributed by atoms with Gasteiger partial charge in [0, 0.05) is 29.8 Å². The summed E-state index contributed by atoms with van der Waals surface area (Å²) in [5.41, 5.74) is 1.31. The fourth-order valence-electron chi connectivity index (χ4n) is 3.91. The van der Waals surface area contributed by atoms with Gasteiger partial charge in [-0.05, 0) is 47.4 Å². The molecule has 31 heavy (non-hydrogen) atoms. The van der Waals surface area contributed by atoms with E-state index in [0.29, 0.717) is 30.9 Å². The monoisotopic (exact) mass is 445 g/mol. The zero-order valence-electron chi connectivity index (χ0n) is 16.9. The van der Waals surface area contributed by atoms with Gasteiger partial charge in [0.25, 0.3) is 0 Å². The summed E-state index contributed by atoms with van der Waals surface area (Å²) in [5.74, 6) is -0.815. The summed E-state index contributed by atoms with van der Waals surface area (Å²) in [6.45, 7) is 1.20. The van der Waals surface area contributed by atoms with Crippen molar-refractivity contribution in [2.45, 2.75) is 43.5 Å². The van der Waals surface area contributed by atoms with Crippen molar-refractivity contribution < 1.29 is 19.1 Å². The molecule has 0 amide bonds. The fourth-order valence-corrected chi connectivity index (χ4v) is 4.19. The third kappa shape index (κ3) is 5.01. The lowest BCUT2D eigenvalue weighted by Gasteiger charge is -2.37. The quantitative estimate of drug-likeness (QED) is 0.602. The summed E-state index contributed by atoms with van der Waals surface area (Å²) in [4.78, 5) is 26.0. The molecule has 0 bridgehead atoms. The van der Waals surface area contributed by atoms with Gasteiger partial charge >= 0.3 is 5.97 Å². The number of aryl methyl sites for hydroxylation is 1. The van der Waals surface area contributed by atoms with E-state index in [1.807, 2.05) is 4.90 Å². The topological polar surface area (TPSA) is 101 Å². The predicted molar refractivity (Wildman–Crippen MR) is 114 cm³/mol. The number of ketones is 1. The Labute approximate surface area is 184 Å². The molecule has 0 radical (unpaired) electrons. The highest BCUT2D eigenvalue weighted by Gasteiger charge is 2.40. The number of hydrogen-bond donors (Lipinski definition) is 2. The smallest absolute Gasteiger partial charge is 0.305 e. The maximum atomic E-state index is 14.6. The number of benzene rings is 1. The number of carbonyl (C=O) groups is 2. The zero-order chi connectivity index (χ0) is 22.0. The zero-order valence-corrected chi connectivity index (χ0v) is 17.8. The molecule has 1 aromatic heterocycles. The number of carboxylic acids is 1. The standard InChI is InChI=1S/C21H24FN5O3S/c22-16-4-2-1-3-15(16)20(21(30)13-5-6-13)26-9-7-17(31)14(12-26)11-18-23-24-25-27(18)10-8-19(28)29/h1-4,11,13,17,20,31H,5-10,12H2,(H,28,29). The SMILES string of the molecule is O=C(O)CCn1nnnc1C=C1CN(C(C(=O)C2CC2)c2ccccc2F)CCC1S. The number of carbonyl (C=O) groups excluding carboxylic acids is 1. The number of thiol groups is 1. The largest absolute Gasteiger partial charge is 0.481 e. The van der Waals surface area contributed by atoms with Crippen LogP contribution < -0.4 is 0 Å². The summed E-state index contributed by atoms with van der Waals surface area (Å²) >= 11 is 4.68. The van der Waals surface area contributed by atoms with E-state index in [1.165, 1.54) is 10.7 Å². The lowest BCUT2D eigenvalue weighted by molar-refractivity contribution is -0.137. The van der Waals surface area contributed by atoms with Crippen molar-refractivity contribution in [3.63, 3.8) is 0 Å². The van der Waals surface area contributed by atoms with Crippen molar-refractivity contribution in [2.75, 3.05) is 13.1 Å². The van der Waals surface area contributed by atoms with Gasteiger partial charge < -0.3 is 5.11 Å². The van der Waals surface area contributed by atoms with E-state index in [1.54, 1.807) is 24.3 Å². The second-order valence-electron chi connectivity index (χ2n) is 8.00. The Hall–Kier alpha value is -2.59. The predicted octanol–water partition coefficient (Wildman–Crippen LogP) is 2.39. The lowest BCUT2D eigenvalue weighted by atomic mass is 9.93. The van der Waals surface area contributed by atoms with Crippen LogP contribution in [0.4, 0.5) is 4.39 Å². The molecule has 2 heterocycles. The summed E-state index contributed by atoms with van der Waals surface area (Å²) in [6, 6.07) is 5.81. The fraction of sp³-hybridized carbons (Fsp3) is 0.476. The number of piperidine rings is 1. The highest BCUT2D eigenvalue weighted by atomic mass is 32.1. The first-order valence-corrected chi connectivity index (χ1v) is 10.8. The first-order valence-electron chi connectivity index (χ1n) is 10.3. The minimum Gasteiger partial charge on any atom is -0.481 e. The van der Waals surface area contributed by atoms with Crippen molar-refractivity contribution in [2.24, 2.45) is 5.92 Å². The van der Waals surface area contributed by atoms with Crippen LogP contribution in [-0.2, 0) is 16.1 Å². The molecule has 2 unspecified atom stereocenters. The molecule has 2 atom stereocenters. The van der Waals surface area contributed by atoms with Gasteiger partial charge in [0.2, 0.25) is 0 Å². The molecule has 1 aliphatic carbocycles. The van der Waals surface area contributed by atoms with Crippen LogP contribution in [0.3, 0.4) is 0 Å². The van der Waals surface area contributed by atoms with E-state index in [2.05, 4.69) is 28.2 Å². The molecule has 0 spiro atoms. The van der Waals surface area contributed by atoms with E-state index in [0.717, 1.165) is 18.4 Å². The third-order valence-corrected chi connectivity index (χ3v) is 6.32. The normalized spacial score (nSPS) is 21.9. The number of likely N-dealkylation sites (tertiary alicyclic amines) is 1. The van der Waals surface area contributed by atoms with Crippen LogP contribution in [0.15, 0.2) is 29.8 Å². The minimum atomic E-state index is -0.934. The highest BCUT2D eigenvalue weighted by molar-refractivity contribution is 7.81. The number of nitrogens with zero attached hydrogens (tertiary/aromatic N) is 5. The van der Waals surface area contributed by atoms with Crippen LogP contribution in [0.25, 0.3) is 6.08 Å². The van der Waals surface area contributed by atoms with E-state index in [9.17, 15) is 14.0 Å². The average molecular weight is 446 g/mol. The maximum Gasteiger partial charge on any atom is 0.305 e. The second kappa shape index (κ2) is 9.27. The van der Waals surface area contributed by atoms with Gasteiger partial charge in [-0.15, -0.1) is 5.10 Å². The van der Waals surface area contributed by atoms with E-state index < -0.39 is 12.0 Å². The molecule has 1 saturated heterocycles. The number of carboxylic acid groups (broad SMARTS) is 1. The molecule has 2 fully saturated rings. The lowest BCUT2D eigenvalue weighted by Crippen LogP contribution is -2.42. The first kappa shape index (κ1) is 21.6. The molecule has 1 aliphatic heterocycles. The van der Waals surface area contributed by atoms with Gasteiger partial charge in [-0.25, -0.2) is 9.07 Å². The van der Waals surface area contributed by atoms with E-state index in [-0.39, 0.29) is 35.7 Å². The van der Waals surface area contributed by atoms with Gasteiger partial charge in [0.15, 0.2) is 11.6 Å². The number of rotatable bonds is 8. The average Bonchev–Trinajstić information content (AvgIpc) is 3.50. The third-order valence-electron chi connectivity index (χ3n) is 5.73. The summed E-state index contributed by atoms with van der Waals surface area (Å²) in [6.07, 6.45) is 4.10. The summed E-state index contributed by atoms with van der Waals surface area (Å²) in [7, 11) is 0. The number of halogens is 1. The second-order valence-corrected chi connectivity index (χ2v) is 8.62. The molecule has 1 N–H and O–H groups in total. The molecule has 2 aliphatic rings. The number of hydrogen-bond acceptors (Lipinski definition) is 7. The van der Waals surface area contributed by atoms with Crippen LogP contribution in [0, 0.1) is 11.7 Å². The molecule has 164 valence electrons. The molecule has 1 saturated carbocycles. The highest BCUT2D eigenvalue weighted by Crippen LogP contribution is 2.39. The van der Waals surface area contributed by atoms with Crippen LogP contribution in [0.5, 0.6) is 0 Å².